The van der Waals surface area contributed by atoms with Gasteiger partial charge in [0.1, 0.15) is 19.2 Å². The Balaban J connectivity index is 0.000000274. The summed E-state index contributed by atoms with van der Waals surface area (Å²) in [6.45, 7) is 24.9. The van der Waals surface area contributed by atoms with Gasteiger partial charge < -0.3 is 20.5 Å². The first-order valence-corrected chi connectivity index (χ1v) is 34.1. The van der Waals surface area contributed by atoms with Crippen LogP contribution in [0.1, 0.15) is 109 Å². The maximum atomic E-state index is 13.6. The lowest BCUT2D eigenvalue weighted by Crippen LogP contribution is -2.47. The molecule has 0 aliphatic heterocycles. The van der Waals surface area contributed by atoms with Gasteiger partial charge in [0.25, 0.3) is 5.91 Å². The predicted molar refractivity (Wildman–Crippen MR) is 303 cm³/mol. The third-order valence-corrected chi connectivity index (χ3v) is 18.2. The van der Waals surface area contributed by atoms with Crippen molar-refractivity contribution in [2.45, 2.75) is 182 Å². The SMILES string of the molecule is Cc1nn(COCC[Si](C)(C)C)c(C)c1-c1ccc(CC(=O)[C@@H](N)C2CCCCC2)cc1.Cc1nn(COCC[Si](C)(C)C)c(C)c1-c1ccc(CC(=O)[C@@H](NC(=O)c2ccnn2C)C2CCCCC2)cc1.Cl. The Morgan fingerprint density at radius 3 is 1.48 bits per heavy atom. The van der Waals surface area contributed by atoms with Gasteiger partial charge >= 0.3 is 0 Å². The number of Topliss-reactive ketones (excluding diaryl/α,β-unsaturated/α-hetero) is 2. The van der Waals surface area contributed by atoms with Gasteiger partial charge in [-0.15, -0.1) is 12.4 Å². The summed E-state index contributed by atoms with van der Waals surface area (Å²) >= 11 is 0. The molecule has 0 bridgehead atoms. The van der Waals surface area contributed by atoms with Gasteiger partial charge in [0.05, 0.1) is 23.5 Å². The van der Waals surface area contributed by atoms with E-state index in [2.05, 4.69) is 99.9 Å². The number of rotatable bonds is 22. The van der Waals surface area contributed by atoms with Crippen molar-refractivity contribution < 1.29 is 23.9 Å². The number of benzene rings is 2. The number of hydrogen-bond acceptors (Lipinski definition) is 9. The Morgan fingerprint density at radius 2 is 1.07 bits per heavy atom. The minimum absolute atomic E-state index is 0. The van der Waals surface area contributed by atoms with E-state index in [1.165, 1.54) is 25.7 Å². The van der Waals surface area contributed by atoms with Gasteiger partial charge in [-0.1, -0.05) is 126 Å². The molecular weight excluding hydrogens is 968 g/mol. The van der Waals surface area contributed by atoms with E-state index < -0.39 is 22.2 Å². The van der Waals surface area contributed by atoms with Crippen molar-refractivity contribution in [3.63, 3.8) is 0 Å². The zero-order valence-electron chi connectivity index (χ0n) is 46.0. The number of aromatic nitrogens is 6. The molecule has 2 atom stereocenters. The molecule has 2 fully saturated rings. The number of nitrogens with two attached hydrogens (primary N) is 1. The van der Waals surface area contributed by atoms with Gasteiger partial charge in [0.15, 0.2) is 11.6 Å². The molecule has 3 heterocycles. The van der Waals surface area contributed by atoms with E-state index in [1.807, 2.05) is 35.3 Å². The summed E-state index contributed by atoms with van der Waals surface area (Å²) in [6.07, 6.45) is 13.5. The molecule has 5 aromatic rings. The van der Waals surface area contributed by atoms with Gasteiger partial charge in [0.2, 0.25) is 0 Å². The summed E-state index contributed by atoms with van der Waals surface area (Å²) in [5.74, 6) is 0.513. The van der Waals surface area contributed by atoms with Crippen molar-refractivity contribution >= 4 is 46.0 Å². The van der Waals surface area contributed by atoms with Crippen LogP contribution in [0, 0.1) is 39.5 Å². The first-order valence-electron chi connectivity index (χ1n) is 26.7. The standard InChI is InChI=1S/C31H45N5O3Si.C26H41N3O2Si.ClH/c1-22-29(23(2)36(34-22)21-39-18-19-40(4,5)6)25-14-12-24(13-15-25)20-28(37)30(26-10-8-7-9-11-26)33-31(38)27-16-17-32-35(27)3;1-19-25(20(2)29(28-19)18-31-15-16-32(3,4)5)22-13-11-21(12-14-22)17-24(30)26(27)23-9-7-6-8-10-23;/h12-17,26,30H,7-11,18-21H2,1-6H3,(H,33,38);11-14,23,26H,6-10,15-18,27H2,1-5H3;1H/t30-;26-;/m00./s1. The summed E-state index contributed by atoms with van der Waals surface area (Å²) in [5, 5.41) is 16.6. The van der Waals surface area contributed by atoms with Crippen molar-refractivity contribution in [3.05, 3.63) is 100 Å². The molecule has 0 spiro atoms. The van der Waals surface area contributed by atoms with E-state index in [0.29, 0.717) is 31.5 Å². The average Bonchev–Trinajstić information content (AvgIpc) is 4.00. The summed E-state index contributed by atoms with van der Waals surface area (Å²) in [4.78, 5) is 39.3. The minimum atomic E-state index is -1.13. The van der Waals surface area contributed by atoms with Crippen LogP contribution < -0.4 is 11.1 Å². The van der Waals surface area contributed by atoms with E-state index in [9.17, 15) is 14.4 Å². The Morgan fingerprint density at radius 1 is 0.644 bits per heavy atom. The topological polar surface area (TPSA) is 161 Å². The number of ether oxygens (including phenoxy) is 2. The smallest absolute Gasteiger partial charge is 0.270 e. The van der Waals surface area contributed by atoms with Gasteiger partial charge in [0, 0.05) is 78.0 Å². The third-order valence-electron chi connectivity index (χ3n) is 14.8. The lowest BCUT2D eigenvalue weighted by atomic mass is 9.81. The fraction of sp³-hybridized carbons (Fsp3) is 0.579. The fourth-order valence-corrected chi connectivity index (χ4v) is 11.8. The molecular formula is C57H87ClN8O5Si2. The summed E-state index contributed by atoms with van der Waals surface area (Å²) < 4.78 is 17.3. The lowest BCUT2D eigenvalue weighted by Gasteiger charge is -2.30. The zero-order valence-corrected chi connectivity index (χ0v) is 48.8. The first-order chi connectivity index (χ1) is 34.2. The maximum absolute atomic E-state index is 13.6. The van der Waals surface area contributed by atoms with Crippen LogP contribution in [-0.4, -0.2) is 88.3 Å². The molecule has 0 saturated heterocycles. The van der Waals surface area contributed by atoms with Crippen molar-refractivity contribution in [1.29, 1.82) is 0 Å². The molecule has 13 nitrogen and oxygen atoms in total. The second-order valence-corrected chi connectivity index (χ2v) is 34.3. The Labute approximate surface area is 444 Å². The van der Waals surface area contributed by atoms with Crippen molar-refractivity contribution in [1.82, 2.24) is 34.7 Å². The number of ketones is 2. The number of nitrogens with zero attached hydrogens (tertiary/aromatic N) is 6. The number of carbonyl (C=O) groups excluding carboxylic acids is 3. The lowest BCUT2D eigenvalue weighted by molar-refractivity contribution is -0.122. The monoisotopic (exact) mass is 1050 g/mol. The van der Waals surface area contributed by atoms with Crippen LogP contribution in [0.15, 0.2) is 60.8 Å². The van der Waals surface area contributed by atoms with Crippen LogP contribution in [0.4, 0.5) is 0 Å². The summed E-state index contributed by atoms with van der Waals surface area (Å²) in [5.41, 5.74) is 17.4. The van der Waals surface area contributed by atoms with Crippen LogP contribution in [-0.2, 0) is 52.4 Å². The van der Waals surface area contributed by atoms with E-state index in [1.54, 1.807) is 24.0 Å². The Kier molecular flexibility index (Phi) is 22.2. The normalized spacial score (nSPS) is 15.5. The molecule has 2 saturated carbocycles. The molecule has 2 aromatic carbocycles. The fourth-order valence-electron chi connectivity index (χ4n) is 10.2. The minimum Gasteiger partial charge on any atom is -0.360 e. The molecule has 0 radical (unpaired) electrons. The molecule has 1 amide bonds. The highest BCUT2D eigenvalue weighted by atomic mass is 35.5. The van der Waals surface area contributed by atoms with Crippen molar-refractivity contribution in [2.75, 3.05) is 13.2 Å². The highest BCUT2D eigenvalue weighted by Gasteiger charge is 2.32. The number of amides is 1. The number of nitrogens with one attached hydrogen (secondary N) is 1. The average molecular weight is 1060 g/mol. The van der Waals surface area contributed by atoms with E-state index >= 15 is 0 Å². The Hall–Kier alpha value is -4.52. The van der Waals surface area contributed by atoms with Gasteiger partial charge in [-0.3, -0.25) is 19.1 Å². The van der Waals surface area contributed by atoms with Crippen LogP contribution >= 0.6 is 12.4 Å². The molecule has 16 heteroatoms. The van der Waals surface area contributed by atoms with Crippen LogP contribution in [0.25, 0.3) is 22.3 Å². The molecule has 73 heavy (non-hydrogen) atoms. The van der Waals surface area contributed by atoms with E-state index in [0.717, 1.165) is 120 Å². The quantitative estimate of drug-likeness (QED) is 0.0508. The molecule has 400 valence electrons. The first kappa shape index (κ1) is 59.4. The van der Waals surface area contributed by atoms with Crippen LogP contribution in [0.3, 0.4) is 0 Å². The summed E-state index contributed by atoms with van der Waals surface area (Å²) in [6, 6.07) is 19.7. The largest absolute Gasteiger partial charge is 0.360 e. The second kappa shape index (κ2) is 27.3. The van der Waals surface area contributed by atoms with Crippen molar-refractivity contribution in [2.24, 2.45) is 24.6 Å². The second-order valence-electron chi connectivity index (χ2n) is 23.1. The molecule has 0 unspecified atom stereocenters. The van der Waals surface area contributed by atoms with E-state index in [-0.39, 0.29) is 48.3 Å². The molecule has 7 rings (SSSR count). The predicted octanol–water partition coefficient (Wildman–Crippen LogP) is 11.6. The van der Waals surface area contributed by atoms with E-state index in [4.69, 9.17) is 25.4 Å². The van der Waals surface area contributed by atoms with Crippen LogP contribution in [0.5, 0.6) is 0 Å². The highest BCUT2D eigenvalue weighted by Crippen LogP contribution is 2.32. The zero-order chi connectivity index (χ0) is 52.2. The number of halogens is 1. The molecule has 3 N–H and O–H groups in total. The van der Waals surface area contributed by atoms with Gasteiger partial charge in [-0.25, -0.2) is 9.36 Å². The summed E-state index contributed by atoms with van der Waals surface area (Å²) in [7, 11) is -0.478. The van der Waals surface area contributed by atoms with Crippen LogP contribution in [0.2, 0.25) is 51.4 Å². The number of hydrogen-bond donors (Lipinski definition) is 2. The molecule has 2 aliphatic rings. The van der Waals surface area contributed by atoms with Gasteiger partial charge in [-0.2, -0.15) is 15.3 Å². The highest BCUT2D eigenvalue weighted by molar-refractivity contribution is 6.76. The number of carbonyl (C=O) groups is 3. The molecule has 3 aromatic heterocycles. The Bertz CT molecular complexity index is 2550. The molecule has 2 aliphatic carbocycles. The third kappa shape index (κ3) is 17.3. The maximum Gasteiger partial charge on any atom is 0.270 e. The van der Waals surface area contributed by atoms with Gasteiger partial charge in [-0.05, 0) is 106 Å². The number of aryl methyl sites for hydroxylation is 3. The van der Waals surface area contributed by atoms with Crippen molar-refractivity contribution in [3.8, 4) is 22.3 Å².